The van der Waals surface area contributed by atoms with E-state index in [-0.39, 0.29) is 12.4 Å². The van der Waals surface area contributed by atoms with Gasteiger partial charge in [-0.2, -0.15) is 0 Å². The van der Waals surface area contributed by atoms with E-state index < -0.39 is 0 Å². The van der Waals surface area contributed by atoms with Gasteiger partial charge in [-0.25, -0.2) is 0 Å². The van der Waals surface area contributed by atoms with Crippen LogP contribution in [0.5, 0.6) is 0 Å². The fourth-order valence-corrected chi connectivity index (χ4v) is 2.17. The first-order valence-electron chi connectivity index (χ1n) is 5.55. The molecular weight excluding hydrogens is 206 g/mol. The van der Waals surface area contributed by atoms with Crippen molar-refractivity contribution in [2.45, 2.75) is 32.7 Å². The van der Waals surface area contributed by atoms with Crippen molar-refractivity contribution in [1.29, 1.82) is 0 Å². The quantitative estimate of drug-likeness (QED) is 0.772. The summed E-state index contributed by atoms with van der Waals surface area (Å²) in [5.74, 6) is 0.844. The van der Waals surface area contributed by atoms with Gasteiger partial charge < -0.3 is 5.32 Å². The minimum atomic E-state index is 0. The molecule has 84 valence electrons. The second kappa shape index (κ2) is 5.53. The second-order valence-electron chi connectivity index (χ2n) is 4.56. The largest absolute Gasteiger partial charge is 0.310 e. The summed E-state index contributed by atoms with van der Waals surface area (Å²) in [5.41, 5.74) is 2.82. The monoisotopic (exact) mass is 225 g/mol. The Labute approximate surface area is 98.7 Å². The Morgan fingerprint density at radius 2 is 2.07 bits per heavy atom. The molecule has 15 heavy (non-hydrogen) atoms. The van der Waals surface area contributed by atoms with E-state index in [2.05, 4.69) is 43.4 Å². The Morgan fingerprint density at radius 1 is 1.27 bits per heavy atom. The molecule has 1 nitrogen and oxygen atoms in total. The molecule has 1 aromatic carbocycles. The number of aryl methyl sites for hydroxylation is 1. The van der Waals surface area contributed by atoms with Gasteiger partial charge in [-0.15, -0.1) is 12.4 Å². The van der Waals surface area contributed by atoms with Crippen molar-refractivity contribution >= 4 is 12.4 Å². The highest BCUT2D eigenvalue weighted by Crippen LogP contribution is 2.25. The molecule has 1 saturated heterocycles. The highest BCUT2D eigenvalue weighted by Gasteiger charge is 2.18. The van der Waals surface area contributed by atoms with Gasteiger partial charge in [0, 0.05) is 6.04 Å². The Hall–Kier alpha value is -0.530. The van der Waals surface area contributed by atoms with E-state index in [4.69, 9.17) is 0 Å². The Morgan fingerprint density at radius 3 is 2.67 bits per heavy atom. The van der Waals surface area contributed by atoms with Gasteiger partial charge in [0.25, 0.3) is 0 Å². The number of piperidine rings is 1. The first kappa shape index (κ1) is 12.5. The van der Waals surface area contributed by atoms with Crippen LogP contribution in [0.1, 0.15) is 36.9 Å². The van der Waals surface area contributed by atoms with Crippen molar-refractivity contribution in [2.75, 3.05) is 6.54 Å². The maximum absolute atomic E-state index is 3.61. The third kappa shape index (κ3) is 3.22. The highest BCUT2D eigenvalue weighted by molar-refractivity contribution is 5.85. The summed E-state index contributed by atoms with van der Waals surface area (Å²) in [5, 5.41) is 3.61. The molecule has 0 aromatic heterocycles. The fourth-order valence-electron chi connectivity index (χ4n) is 2.17. The van der Waals surface area contributed by atoms with Crippen LogP contribution in [0.25, 0.3) is 0 Å². The molecular formula is C13H20ClN. The number of hydrogen-bond acceptors (Lipinski definition) is 1. The normalized spacial score (nSPS) is 25.7. The average molecular weight is 226 g/mol. The van der Waals surface area contributed by atoms with Crippen molar-refractivity contribution in [1.82, 2.24) is 5.32 Å². The minimum Gasteiger partial charge on any atom is -0.310 e. The summed E-state index contributed by atoms with van der Waals surface area (Å²) >= 11 is 0. The fraction of sp³-hybridized carbons (Fsp3) is 0.538. The van der Waals surface area contributed by atoms with E-state index in [0.29, 0.717) is 6.04 Å². The lowest BCUT2D eigenvalue weighted by molar-refractivity contribution is 0.333. The van der Waals surface area contributed by atoms with Gasteiger partial charge in [0.05, 0.1) is 0 Å². The summed E-state index contributed by atoms with van der Waals surface area (Å²) in [7, 11) is 0. The number of benzene rings is 1. The summed E-state index contributed by atoms with van der Waals surface area (Å²) in [4.78, 5) is 0. The average Bonchev–Trinajstić information content (AvgIpc) is 2.19. The molecule has 1 N–H and O–H groups in total. The lowest BCUT2D eigenvalue weighted by Gasteiger charge is -2.28. The molecule has 0 spiro atoms. The second-order valence-corrected chi connectivity index (χ2v) is 4.56. The van der Waals surface area contributed by atoms with Crippen LogP contribution >= 0.6 is 12.4 Å². The predicted octanol–water partition coefficient (Wildman–Crippen LogP) is 3.48. The van der Waals surface area contributed by atoms with E-state index in [9.17, 15) is 0 Å². The molecule has 0 radical (unpaired) electrons. The van der Waals surface area contributed by atoms with Crippen LogP contribution in [-0.4, -0.2) is 6.54 Å². The van der Waals surface area contributed by atoms with Crippen molar-refractivity contribution in [2.24, 2.45) is 5.92 Å². The van der Waals surface area contributed by atoms with Crippen LogP contribution in [0.15, 0.2) is 24.3 Å². The maximum atomic E-state index is 3.61. The zero-order valence-corrected chi connectivity index (χ0v) is 10.3. The number of halogens is 1. The molecule has 0 aliphatic carbocycles. The molecule has 2 rings (SSSR count). The van der Waals surface area contributed by atoms with E-state index in [1.54, 1.807) is 0 Å². The molecule has 2 atom stereocenters. The van der Waals surface area contributed by atoms with E-state index in [1.807, 2.05) is 0 Å². The van der Waals surface area contributed by atoms with Gasteiger partial charge in [0.2, 0.25) is 0 Å². The third-order valence-electron chi connectivity index (χ3n) is 3.11. The van der Waals surface area contributed by atoms with Gasteiger partial charge in [-0.1, -0.05) is 36.8 Å². The lowest BCUT2D eigenvalue weighted by Crippen LogP contribution is -2.31. The van der Waals surface area contributed by atoms with E-state index in [0.717, 1.165) is 5.92 Å². The molecule has 0 amide bonds. The number of hydrogen-bond donors (Lipinski definition) is 1. The van der Waals surface area contributed by atoms with E-state index >= 15 is 0 Å². The Kier molecular flexibility index (Phi) is 4.62. The molecule has 1 heterocycles. The highest BCUT2D eigenvalue weighted by atomic mass is 35.5. The van der Waals surface area contributed by atoms with Crippen LogP contribution in [0.4, 0.5) is 0 Å². The van der Waals surface area contributed by atoms with Crippen LogP contribution in [0, 0.1) is 12.8 Å². The van der Waals surface area contributed by atoms with Gasteiger partial charge >= 0.3 is 0 Å². The number of rotatable bonds is 1. The molecule has 2 heteroatoms. The van der Waals surface area contributed by atoms with Crippen LogP contribution in [0.2, 0.25) is 0 Å². The zero-order valence-electron chi connectivity index (χ0n) is 9.49. The Bertz CT molecular complexity index is 303. The minimum absolute atomic E-state index is 0. The third-order valence-corrected chi connectivity index (χ3v) is 3.11. The molecule has 1 aliphatic rings. The maximum Gasteiger partial charge on any atom is 0.0320 e. The summed E-state index contributed by atoms with van der Waals surface area (Å²) in [6.45, 7) is 5.65. The predicted molar refractivity (Wildman–Crippen MR) is 67.6 cm³/mol. The summed E-state index contributed by atoms with van der Waals surface area (Å²) in [6.07, 6.45) is 2.64. The van der Waals surface area contributed by atoms with Crippen molar-refractivity contribution in [3.63, 3.8) is 0 Å². The topological polar surface area (TPSA) is 12.0 Å². The SMILES string of the molecule is Cc1cccc([C@@H]2CC[C@@H](C)CN2)c1.Cl. The first-order chi connectivity index (χ1) is 6.75. The molecule has 0 bridgehead atoms. The van der Waals surface area contributed by atoms with Crippen LogP contribution < -0.4 is 5.32 Å². The van der Waals surface area contributed by atoms with Crippen LogP contribution in [0.3, 0.4) is 0 Å². The molecule has 1 aromatic rings. The zero-order chi connectivity index (χ0) is 9.97. The summed E-state index contributed by atoms with van der Waals surface area (Å²) in [6, 6.07) is 9.44. The van der Waals surface area contributed by atoms with Gasteiger partial charge in [0.1, 0.15) is 0 Å². The van der Waals surface area contributed by atoms with Gasteiger partial charge in [0.15, 0.2) is 0 Å². The van der Waals surface area contributed by atoms with Crippen molar-refractivity contribution in [3.05, 3.63) is 35.4 Å². The van der Waals surface area contributed by atoms with Gasteiger partial charge in [-0.05, 0) is 37.8 Å². The molecule has 1 fully saturated rings. The molecule has 1 aliphatic heterocycles. The first-order valence-corrected chi connectivity index (χ1v) is 5.55. The van der Waals surface area contributed by atoms with E-state index in [1.165, 1.54) is 30.5 Å². The lowest BCUT2D eigenvalue weighted by atomic mass is 9.91. The van der Waals surface area contributed by atoms with Crippen LogP contribution in [-0.2, 0) is 0 Å². The molecule has 0 unspecified atom stereocenters. The Balaban J connectivity index is 0.00000112. The number of nitrogens with one attached hydrogen (secondary N) is 1. The van der Waals surface area contributed by atoms with Crippen molar-refractivity contribution < 1.29 is 0 Å². The smallest absolute Gasteiger partial charge is 0.0320 e. The standard InChI is InChI=1S/C13H19N.ClH/c1-10-4-3-5-12(8-10)13-7-6-11(2)9-14-13;/h3-5,8,11,13-14H,6-7,9H2,1-2H3;1H/t11-,13+;/m1./s1. The molecule has 0 saturated carbocycles. The van der Waals surface area contributed by atoms with Crippen molar-refractivity contribution in [3.8, 4) is 0 Å². The van der Waals surface area contributed by atoms with Gasteiger partial charge in [-0.3, -0.25) is 0 Å². The summed E-state index contributed by atoms with van der Waals surface area (Å²) < 4.78 is 0.